The number of aryl methyl sites for hydroxylation is 1. The molecule has 0 spiro atoms. The maximum atomic E-state index is 14.5. The molecule has 0 saturated heterocycles. The van der Waals surface area contributed by atoms with Gasteiger partial charge in [0.15, 0.2) is 5.69 Å². The summed E-state index contributed by atoms with van der Waals surface area (Å²) in [6.45, 7) is 7.51. The van der Waals surface area contributed by atoms with E-state index in [0.717, 1.165) is 36.8 Å². The van der Waals surface area contributed by atoms with E-state index in [1.165, 1.54) is 0 Å². The first-order chi connectivity index (χ1) is 23.2. The summed E-state index contributed by atoms with van der Waals surface area (Å²) in [4.78, 5) is 44.8. The lowest BCUT2D eigenvalue weighted by Gasteiger charge is -2.36. The zero-order valence-electron chi connectivity index (χ0n) is 27.9. The van der Waals surface area contributed by atoms with Gasteiger partial charge in [0.1, 0.15) is 0 Å². The normalized spacial score (nSPS) is 14.0. The molecule has 252 valence electrons. The van der Waals surface area contributed by atoms with Gasteiger partial charge in [-0.3, -0.25) is 14.4 Å². The Hall–Kier alpha value is -4.47. The van der Waals surface area contributed by atoms with Gasteiger partial charge in [0.2, 0.25) is 5.91 Å². The van der Waals surface area contributed by atoms with E-state index < -0.39 is 6.04 Å². The molecule has 9 nitrogen and oxygen atoms in total. The molecule has 0 aliphatic carbocycles. The van der Waals surface area contributed by atoms with E-state index in [-0.39, 0.29) is 30.7 Å². The SMILES string of the molecule is CCCCN(CCCC)C(=O)c1cc(C)n(-c2ccc(NC(=O)Cc3ccccc3Cl)cc2C(=O)N2Cc3ccccc3CC2CO)n1. The van der Waals surface area contributed by atoms with Crippen molar-refractivity contribution in [2.24, 2.45) is 0 Å². The monoisotopic (exact) mass is 669 g/mol. The molecule has 1 unspecified atom stereocenters. The van der Waals surface area contributed by atoms with E-state index in [9.17, 15) is 19.5 Å². The van der Waals surface area contributed by atoms with Crippen LogP contribution in [0.15, 0.2) is 72.8 Å². The Morgan fingerprint density at radius 2 is 1.65 bits per heavy atom. The van der Waals surface area contributed by atoms with Gasteiger partial charge in [0.25, 0.3) is 11.8 Å². The quantitative estimate of drug-likeness (QED) is 0.166. The Morgan fingerprint density at radius 3 is 2.33 bits per heavy atom. The van der Waals surface area contributed by atoms with Gasteiger partial charge < -0.3 is 20.2 Å². The van der Waals surface area contributed by atoms with Crippen LogP contribution in [-0.4, -0.2) is 68.1 Å². The molecule has 2 N–H and O–H groups in total. The number of aromatic nitrogens is 2. The third-order valence-electron chi connectivity index (χ3n) is 8.83. The van der Waals surface area contributed by atoms with Crippen molar-refractivity contribution in [2.75, 3.05) is 25.0 Å². The van der Waals surface area contributed by atoms with Gasteiger partial charge >= 0.3 is 0 Å². The second kappa shape index (κ2) is 16.1. The van der Waals surface area contributed by atoms with E-state index >= 15 is 0 Å². The van der Waals surface area contributed by atoms with Gasteiger partial charge in [-0.15, -0.1) is 0 Å². The van der Waals surface area contributed by atoms with Crippen molar-refractivity contribution in [3.8, 4) is 5.69 Å². The number of aliphatic hydroxyl groups is 1. The zero-order valence-corrected chi connectivity index (χ0v) is 28.7. The van der Waals surface area contributed by atoms with Crippen molar-refractivity contribution in [3.05, 3.63) is 111 Å². The molecule has 0 fully saturated rings. The molecule has 10 heteroatoms. The molecule has 1 aliphatic heterocycles. The second-order valence-electron chi connectivity index (χ2n) is 12.4. The number of hydrogen-bond acceptors (Lipinski definition) is 5. The van der Waals surface area contributed by atoms with E-state index in [1.54, 1.807) is 46.0 Å². The fourth-order valence-corrected chi connectivity index (χ4v) is 6.33. The second-order valence-corrected chi connectivity index (χ2v) is 12.8. The van der Waals surface area contributed by atoms with Crippen LogP contribution in [0.4, 0.5) is 5.69 Å². The molecule has 3 aromatic carbocycles. The molecule has 0 saturated carbocycles. The van der Waals surface area contributed by atoms with Crippen molar-refractivity contribution < 1.29 is 19.5 Å². The van der Waals surface area contributed by atoms with E-state index in [0.29, 0.717) is 65.0 Å². The third kappa shape index (κ3) is 7.97. The molecule has 0 bridgehead atoms. The number of nitrogens with zero attached hydrogens (tertiary/aromatic N) is 4. The van der Waals surface area contributed by atoms with Gasteiger partial charge in [-0.25, -0.2) is 4.68 Å². The van der Waals surface area contributed by atoms with Crippen LogP contribution in [0.1, 0.15) is 82.8 Å². The molecule has 48 heavy (non-hydrogen) atoms. The molecule has 5 rings (SSSR count). The van der Waals surface area contributed by atoms with Crippen LogP contribution in [0.2, 0.25) is 5.02 Å². The highest BCUT2D eigenvalue weighted by molar-refractivity contribution is 6.31. The molecule has 0 radical (unpaired) electrons. The number of carbonyl (C=O) groups is 3. The Kier molecular flexibility index (Phi) is 11.7. The highest BCUT2D eigenvalue weighted by Gasteiger charge is 2.32. The highest BCUT2D eigenvalue weighted by atomic mass is 35.5. The Morgan fingerprint density at radius 1 is 0.958 bits per heavy atom. The fraction of sp³-hybridized carbons (Fsp3) is 0.368. The van der Waals surface area contributed by atoms with Crippen LogP contribution < -0.4 is 5.32 Å². The summed E-state index contributed by atoms with van der Waals surface area (Å²) in [6.07, 6.45) is 4.35. The summed E-state index contributed by atoms with van der Waals surface area (Å²) in [7, 11) is 0. The first-order valence-corrected chi connectivity index (χ1v) is 17.1. The molecule has 4 aromatic rings. The minimum atomic E-state index is -0.430. The number of aliphatic hydroxyl groups excluding tert-OH is 1. The predicted octanol–water partition coefficient (Wildman–Crippen LogP) is 6.62. The number of halogens is 1. The lowest BCUT2D eigenvalue weighted by molar-refractivity contribution is -0.115. The van der Waals surface area contributed by atoms with Crippen LogP contribution in [0.5, 0.6) is 0 Å². The maximum absolute atomic E-state index is 14.5. The van der Waals surface area contributed by atoms with E-state index in [4.69, 9.17) is 16.7 Å². The van der Waals surface area contributed by atoms with Crippen molar-refractivity contribution in [3.63, 3.8) is 0 Å². The molecular weight excluding hydrogens is 626 g/mol. The van der Waals surface area contributed by atoms with Crippen molar-refractivity contribution in [2.45, 2.75) is 71.9 Å². The number of unbranched alkanes of at least 4 members (excludes halogenated alkanes) is 2. The van der Waals surface area contributed by atoms with Gasteiger partial charge in [-0.2, -0.15) is 5.10 Å². The summed E-state index contributed by atoms with van der Waals surface area (Å²) >= 11 is 6.30. The number of anilines is 1. The van der Waals surface area contributed by atoms with Crippen LogP contribution in [-0.2, 0) is 24.2 Å². The van der Waals surface area contributed by atoms with Gasteiger partial charge in [0.05, 0.1) is 30.3 Å². The summed E-state index contributed by atoms with van der Waals surface area (Å²) in [5, 5.41) is 18.5. The molecule has 2 heterocycles. The largest absolute Gasteiger partial charge is 0.394 e. The number of rotatable bonds is 13. The number of nitrogens with one attached hydrogen (secondary N) is 1. The van der Waals surface area contributed by atoms with E-state index in [2.05, 4.69) is 19.2 Å². The van der Waals surface area contributed by atoms with Crippen LogP contribution >= 0.6 is 11.6 Å². The zero-order chi connectivity index (χ0) is 34.2. The molecule has 3 amide bonds. The smallest absolute Gasteiger partial charge is 0.274 e. The summed E-state index contributed by atoms with van der Waals surface area (Å²) in [5.41, 5.74) is 5.02. The molecule has 1 aliphatic rings. The Labute approximate surface area is 287 Å². The number of fused-ring (bicyclic) bond motifs is 1. The minimum Gasteiger partial charge on any atom is -0.394 e. The number of carbonyl (C=O) groups excluding carboxylic acids is 3. The predicted molar refractivity (Wildman–Crippen MR) is 189 cm³/mol. The fourth-order valence-electron chi connectivity index (χ4n) is 6.13. The van der Waals surface area contributed by atoms with Crippen LogP contribution in [0, 0.1) is 6.92 Å². The van der Waals surface area contributed by atoms with Crippen LogP contribution in [0.3, 0.4) is 0 Å². The summed E-state index contributed by atoms with van der Waals surface area (Å²) in [5.74, 6) is -0.726. The minimum absolute atomic E-state index is 0.0660. The van der Waals surface area contributed by atoms with Crippen molar-refractivity contribution in [1.29, 1.82) is 0 Å². The molecule has 1 atom stereocenters. The number of amides is 3. The van der Waals surface area contributed by atoms with E-state index in [1.807, 2.05) is 48.2 Å². The Bertz CT molecular complexity index is 1760. The first-order valence-electron chi connectivity index (χ1n) is 16.8. The molecular formula is C38H44ClN5O4. The lowest BCUT2D eigenvalue weighted by atomic mass is 9.93. The van der Waals surface area contributed by atoms with Gasteiger partial charge in [-0.1, -0.05) is 80.8 Å². The molecule has 1 aromatic heterocycles. The lowest BCUT2D eigenvalue weighted by Crippen LogP contribution is -2.46. The first kappa shape index (κ1) is 34.9. The average molecular weight is 670 g/mol. The maximum Gasteiger partial charge on any atom is 0.274 e. The van der Waals surface area contributed by atoms with Crippen molar-refractivity contribution >= 4 is 35.0 Å². The third-order valence-corrected chi connectivity index (χ3v) is 9.20. The highest BCUT2D eigenvalue weighted by Crippen LogP contribution is 2.29. The number of hydrogen-bond donors (Lipinski definition) is 2. The standard InChI is InChI=1S/C38H44ClN5O4/c1-4-6-18-42(19-7-5-2)38(48)34-20-26(3)44(41-34)35-17-16-30(40-36(46)22-28-13-10-11-15-33(28)39)23-32(35)37(47)43-24-29-14-9-8-12-27(29)21-31(43)25-45/h8-17,20,23,31,45H,4-7,18-19,21-22,24-25H2,1-3H3,(H,40,46). The summed E-state index contributed by atoms with van der Waals surface area (Å²) < 4.78 is 1.62. The summed E-state index contributed by atoms with van der Waals surface area (Å²) in [6, 6.07) is 21.5. The van der Waals surface area contributed by atoms with Crippen molar-refractivity contribution in [1.82, 2.24) is 19.6 Å². The van der Waals surface area contributed by atoms with Gasteiger partial charge in [0, 0.05) is 36.0 Å². The van der Waals surface area contributed by atoms with Crippen LogP contribution in [0.25, 0.3) is 5.69 Å². The Balaban J connectivity index is 1.52. The number of benzene rings is 3. The average Bonchev–Trinajstić information content (AvgIpc) is 3.49. The topological polar surface area (TPSA) is 108 Å². The van der Waals surface area contributed by atoms with Gasteiger partial charge in [-0.05, 0) is 73.2 Å².